The predicted molar refractivity (Wildman–Crippen MR) is 65.5 cm³/mol. The zero-order chi connectivity index (χ0) is 15.5. The minimum absolute atomic E-state index is 0.309. The second-order valence-corrected chi connectivity index (χ2v) is 4.98. The summed E-state index contributed by atoms with van der Waals surface area (Å²) >= 11 is 0.309. The van der Waals surface area contributed by atoms with E-state index in [1.165, 1.54) is 0 Å². The van der Waals surface area contributed by atoms with Gasteiger partial charge in [-0.1, -0.05) is 6.92 Å². The largest absolute Gasteiger partial charge is 0.480 e. The number of amides is 1. The zero-order valence-corrected chi connectivity index (χ0v) is 11.6. The summed E-state index contributed by atoms with van der Waals surface area (Å²) in [5.74, 6) is -2.04. The summed E-state index contributed by atoms with van der Waals surface area (Å²) in [5, 5.41) is 8.63. The summed E-state index contributed by atoms with van der Waals surface area (Å²) in [6.45, 7) is 2.79. The molecule has 0 aromatic carbocycles. The molecule has 1 heterocycles. The fourth-order valence-corrected chi connectivity index (χ4v) is 2.10. The van der Waals surface area contributed by atoms with E-state index in [1.807, 2.05) is 0 Å². The molecular weight excluding hydrogens is 297 g/mol. The van der Waals surface area contributed by atoms with Crippen molar-refractivity contribution in [2.24, 2.45) is 0 Å². The van der Waals surface area contributed by atoms with Crippen molar-refractivity contribution in [1.82, 2.24) is 9.88 Å². The van der Waals surface area contributed by atoms with Crippen LogP contribution in [0, 0.1) is 0 Å². The van der Waals surface area contributed by atoms with Crippen molar-refractivity contribution >= 4 is 23.2 Å². The highest BCUT2D eigenvalue weighted by atomic mass is 32.1. The van der Waals surface area contributed by atoms with Gasteiger partial charge in [0.25, 0.3) is 5.91 Å². The third kappa shape index (κ3) is 3.92. The lowest BCUT2D eigenvalue weighted by atomic mass is 10.2. The predicted octanol–water partition coefficient (Wildman–Crippen LogP) is 2.49. The van der Waals surface area contributed by atoms with Gasteiger partial charge in [0.15, 0.2) is 5.01 Å². The fourth-order valence-electron chi connectivity index (χ4n) is 1.44. The molecule has 1 aromatic rings. The van der Waals surface area contributed by atoms with Gasteiger partial charge in [-0.15, -0.1) is 11.3 Å². The van der Waals surface area contributed by atoms with Crippen molar-refractivity contribution in [2.45, 2.75) is 32.5 Å². The monoisotopic (exact) mass is 310 g/mol. The SMILES string of the molecule is CCC(C)N(CC(=O)O)C(=O)c1csc(C(F)(F)F)n1. The Labute approximate surface area is 117 Å². The van der Waals surface area contributed by atoms with Crippen molar-refractivity contribution in [1.29, 1.82) is 0 Å². The number of aromatic nitrogens is 1. The molecule has 1 rings (SSSR count). The summed E-state index contributed by atoms with van der Waals surface area (Å²) in [7, 11) is 0. The van der Waals surface area contributed by atoms with E-state index in [2.05, 4.69) is 4.98 Å². The number of thiazole rings is 1. The average Bonchev–Trinajstić information content (AvgIpc) is 2.83. The lowest BCUT2D eigenvalue weighted by Crippen LogP contribution is -2.42. The van der Waals surface area contributed by atoms with Crippen LogP contribution in [0.15, 0.2) is 5.38 Å². The van der Waals surface area contributed by atoms with Crippen molar-refractivity contribution in [3.05, 3.63) is 16.1 Å². The number of carboxylic acid groups (broad SMARTS) is 1. The van der Waals surface area contributed by atoms with Gasteiger partial charge in [-0.3, -0.25) is 9.59 Å². The average molecular weight is 310 g/mol. The van der Waals surface area contributed by atoms with Crippen LogP contribution in [0.3, 0.4) is 0 Å². The van der Waals surface area contributed by atoms with E-state index in [4.69, 9.17) is 5.11 Å². The molecule has 0 aliphatic heterocycles. The molecule has 0 saturated heterocycles. The first-order chi connectivity index (χ1) is 9.16. The first kappa shape index (κ1) is 16.4. The molecule has 9 heteroatoms. The molecular formula is C11H13F3N2O3S. The number of carboxylic acids is 1. The molecule has 1 amide bonds. The third-order valence-corrected chi connectivity index (χ3v) is 3.54. The topological polar surface area (TPSA) is 70.5 Å². The molecule has 1 atom stereocenters. The van der Waals surface area contributed by atoms with Crippen LogP contribution in [0.1, 0.15) is 35.8 Å². The second kappa shape index (κ2) is 6.21. The van der Waals surface area contributed by atoms with E-state index >= 15 is 0 Å². The van der Waals surface area contributed by atoms with E-state index < -0.39 is 35.6 Å². The second-order valence-electron chi connectivity index (χ2n) is 4.12. The molecule has 0 fully saturated rings. The molecule has 0 radical (unpaired) electrons. The Kier molecular flexibility index (Phi) is 5.09. The lowest BCUT2D eigenvalue weighted by Gasteiger charge is -2.26. The van der Waals surface area contributed by atoms with Gasteiger partial charge >= 0.3 is 12.1 Å². The van der Waals surface area contributed by atoms with Crippen LogP contribution in [0.2, 0.25) is 0 Å². The third-order valence-electron chi connectivity index (χ3n) is 2.66. The Bertz CT molecular complexity index is 501. The fraction of sp³-hybridized carbons (Fsp3) is 0.545. The highest BCUT2D eigenvalue weighted by molar-refractivity contribution is 7.09. The molecule has 0 aliphatic carbocycles. The Morgan fingerprint density at radius 3 is 2.50 bits per heavy atom. The van der Waals surface area contributed by atoms with E-state index in [9.17, 15) is 22.8 Å². The number of alkyl halides is 3. The number of carbonyl (C=O) groups excluding carboxylic acids is 1. The number of hydrogen-bond acceptors (Lipinski definition) is 4. The molecule has 1 aromatic heterocycles. The van der Waals surface area contributed by atoms with Gasteiger partial charge in [0.05, 0.1) is 0 Å². The molecule has 1 N–H and O–H groups in total. The summed E-state index contributed by atoms with van der Waals surface area (Å²) in [6.07, 6.45) is -4.13. The number of halogens is 3. The van der Waals surface area contributed by atoms with Gasteiger partial charge in [-0.2, -0.15) is 13.2 Å². The minimum Gasteiger partial charge on any atom is -0.480 e. The van der Waals surface area contributed by atoms with Crippen LogP contribution >= 0.6 is 11.3 Å². The van der Waals surface area contributed by atoms with Crippen LogP contribution in [-0.2, 0) is 11.0 Å². The van der Waals surface area contributed by atoms with Gasteiger partial charge in [0, 0.05) is 11.4 Å². The van der Waals surface area contributed by atoms with Crippen LogP contribution in [0.5, 0.6) is 0 Å². The first-order valence-electron chi connectivity index (χ1n) is 5.72. The molecule has 0 aliphatic rings. The number of aliphatic carboxylic acids is 1. The lowest BCUT2D eigenvalue weighted by molar-refractivity contribution is -0.139. The van der Waals surface area contributed by atoms with E-state index in [1.54, 1.807) is 13.8 Å². The zero-order valence-electron chi connectivity index (χ0n) is 10.8. The molecule has 112 valence electrons. The summed E-state index contributed by atoms with van der Waals surface area (Å²) in [5.41, 5.74) is -0.385. The number of rotatable bonds is 5. The van der Waals surface area contributed by atoms with Crippen molar-refractivity contribution in [2.75, 3.05) is 6.54 Å². The molecule has 0 bridgehead atoms. The van der Waals surface area contributed by atoms with E-state index in [0.29, 0.717) is 17.8 Å². The Balaban J connectivity index is 3.00. The van der Waals surface area contributed by atoms with Crippen molar-refractivity contribution < 1.29 is 27.9 Å². The van der Waals surface area contributed by atoms with Crippen LogP contribution in [-0.4, -0.2) is 39.5 Å². The van der Waals surface area contributed by atoms with Crippen molar-refractivity contribution in [3.8, 4) is 0 Å². The van der Waals surface area contributed by atoms with Crippen LogP contribution < -0.4 is 0 Å². The maximum Gasteiger partial charge on any atom is 0.443 e. The highest BCUT2D eigenvalue weighted by Crippen LogP contribution is 2.31. The first-order valence-corrected chi connectivity index (χ1v) is 6.60. The van der Waals surface area contributed by atoms with Crippen LogP contribution in [0.4, 0.5) is 13.2 Å². The highest BCUT2D eigenvalue weighted by Gasteiger charge is 2.36. The maximum absolute atomic E-state index is 12.4. The molecule has 0 saturated carbocycles. The van der Waals surface area contributed by atoms with Crippen LogP contribution in [0.25, 0.3) is 0 Å². The summed E-state index contributed by atoms with van der Waals surface area (Å²) in [6, 6.07) is -0.408. The summed E-state index contributed by atoms with van der Waals surface area (Å²) < 4.78 is 37.3. The standard InChI is InChI=1S/C11H13F3N2O3S/c1-3-6(2)16(4-8(17)18)9(19)7-5-20-10(15-7)11(12,13)14/h5-6H,3-4H2,1-2H3,(H,17,18). The Morgan fingerprint density at radius 1 is 1.50 bits per heavy atom. The number of carbonyl (C=O) groups is 2. The smallest absolute Gasteiger partial charge is 0.443 e. The van der Waals surface area contributed by atoms with Gasteiger partial charge < -0.3 is 10.0 Å². The van der Waals surface area contributed by atoms with E-state index in [-0.39, 0.29) is 5.69 Å². The normalized spacial score (nSPS) is 13.1. The van der Waals surface area contributed by atoms with Gasteiger partial charge in [0.2, 0.25) is 0 Å². The number of hydrogen-bond donors (Lipinski definition) is 1. The van der Waals surface area contributed by atoms with E-state index in [0.717, 1.165) is 10.3 Å². The quantitative estimate of drug-likeness (QED) is 0.907. The Morgan fingerprint density at radius 2 is 2.10 bits per heavy atom. The maximum atomic E-state index is 12.4. The molecule has 1 unspecified atom stereocenters. The number of nitrogens with zero attached hydrogens (tertiary/aromatic N) is 2. The van der Waals surface area contributed by atoms with Gasteiger partial charge in [-0.05, 0) is 13.3 Å². The van der Waals surface area contributed by atoms with Gasteiger partial charge in [0.1, 0.15) is 12.2 Å². The van der Waals surface area contributed by atoms with Gasteiger partial charge in [-0.25, -0.2) is 4.98 Å². The molecule has 0 spiro atoms. The summed E-state index contributed by atoms with van der Waals surface area (Å²) in [4.78, 5) is 27.0. The van der Waals surface area contributed by atoms with Crippen molar-refractivity contribution in [3.63, 3.8) is 0 Å². The minimum atomic E-state index is -4.61. The molecule has 20 heavy (non-hydrogen) atoms. The Hall–Kier alpha value is -1.64. The molecule has 5 nitrogen and oxygen atoms in total.